The van der Waals surface area contributed by atoms with E-state index in [-0.39, 0.29) is 0 Å². The Bertz CT molecular complexity index is 106. The Balaban J connectivity index is 3.19. The molecule has 0 rings (SSSR count). The van der Waals surface area contributed by atoms with Crippen LogP contribution in [0.5, 0.6) is 0 Å². The molecule has 0 bridgehead atoms. The van der Waals surface area contributed by atoms with Gasteiger partial charge >= 0.3 is 0 Å². The second kappa shape index (κ2) is 4.39. The molecule has 0 unspecified atom stereocenters. The van der Waals surface area contributed by atoms with E-state index in [1.165, 1.54) is 6.08 Å². The summed E-state index contributed by atoms with van der Waals surface area (Å²) in [5.41, 5.74) is 0. The summed E-state index contributed by atoms with van der Waals surface area (Å²) in [5.74, 6) is 0.666. The van der Waals surface area contributed by atoms with Gasteiger partial charge in [-0.1, -0.05) is 19.9 Å². The lowest BCUT2D eigenvalue weighted by atomic mass is 10.1. The lowest BCUT2D eigenvalue weighted by molar-refractivity contribution is 0.664. The maximum absolute atomic E-state index is 8.04. The Morgan fingerprint density at radius 3 is 2.62 bits per heavy atom. The van der Waals surface area contributed by atoms with E-state index >= 15 is 0 Å². The molecule has 0 aromatic rings. The van der Waals surface area contributed by atoms with Gasteiger partial charge in [-0.15, -0.1) is 0 Å². The highest BCUT2D eigenvalue weighted by atomic mass is 14.2. The first-order valence-corrected chi connectivity index (χ1v) is 2.82. The number of nitrogens with zero attached hydrogens (tertiary/aromatic N) is 1. The quantitative estimate of drug-likeness (QED) is 0.498. The van der Waals surface area contributed by atoms with Gasteiger partial charge in [-0.3, -0.25) is 0 Å². The fourth-order valence-electron chi connectivity index (χ4n) is 0.393. The molecular weight excluding hydrogens is 98.1 g/mol. The van der Waals surface area contributed by atoms with Gasteiger partial charge in [-0.25, -0.2) is 0 Å². The highest BCUT2D eigenvalue weighted by molar-refractivity contribution is 5.01. The summed E-state index contributed by atoms with van der Waals surface area (Å²) >= 11 is 0. The molecule has 0 aromatic heterocycles. The molecule has 0 heterocycles. The van der Waals surface area contributed by atoms with E-state index < -0.39 is 0 Å². The SMILES string of the molecule is CC(C)C/C=C/C#N. The Morgan fingerprint density at radius 1 is 1.62 bits per heavy atom. The molecule has 1 nitrogen and oxygen atoms in total. The highest BCUT2D eigenvalue weighted by Gasteiger charge is 1.84. The van der Waals surface area contributed by atoms with Crippen molar-refractivity contribution in [3.63, 3.8) is 0 Å². The van der Waals surface area contributed by atoms with Crippen molar-refractivity contribution in [1.82, 2.24) is 0 Å². The molecule has 0 spiro atoms. The van der Waals surface area contributed by atoms with E-state index in [1.54, 1.807) is 0 Å². The Hall–Kier alpha value is -0.770. The van der Waals surface area contributed by atoms with Crippen LogP contribution in [0.25, 0.3) is 0 Å². The maximum atomic E-state index is 8.04. The van der Waals surface area contributed by atoms with Crippen LogP contribution >= 0.6 is 0 Å². The monoisotopic (exact) mass is 109 g/mol. The van der Waals surface area contributed by atoms with E-state index in [0.717, 1.165) is 6.42 Å². The van der Waals surface area contributed by atoms with Crippen molar-refractivity contribution in [2.24, 2.45) is 5.92 Å². The van der Waals surface area contributed by atoms with E-state index in [2.05, 4.69) is 13.8 Å². The van der Waals surface area contributed by atoms with Crippen molar-refractivity contribution in [3.05, 3.63) is 12.2 Å². The molecule has 0 aliphatic carbocycles. The van der Waals surface area contributed by atoms with Crippen molar-refractivity contribution in [3.8, 4) is 6.07 Å². The van der Waals surface area contributed by atoms with Gasteiger partial charge in [0.25, 0.3) is 0 Å². The lowest BCUT2D eigenvalue weighted by Crippen LogP contribution is -1.80. The van der Waals surface area contributed by atoms with Crippen LogP contribution in [0.15, 0.2) is 12.2 Å². The number of rotatable bonds is 2. The summed E-state index contributed by atoms with van der Waals surface area (Å²) in [4.78, 5) is 0. The zero-order valence-electron chi connectivity index (χ0n) is 5.39. The Morgan fingerprint density at radius 2 is 2.25 bits per heavy atom. The van der Waals surface area contributed by atoms with Crippen molar-refractivity contribution in [1.29, 1.82) is 5.26 Å². The van der Waals surface area contributed by atoms with Crippen LogP contribution in [0.2, 0.25) is 0 Å². The predicted molar refractivity (Wildman–Crippen MR) is 34.2 cm³/mol. The second-order valence-electron chi connectivity index (χ2n) is 2.16. The molecule has 0 aliphatic heterocycles. The molecule has 0 amide bonds. The van der Waals surface area contributed by atoms with Crippen molar-refractivity contribution < 1.29 is 0 Å². The molecule has 0 atom stereocenters. The fraction of sp³-hybridized carbons (Fsp3) is 0.571. The van der Waals surface area contributed by atoms with Crippen LogP contribution in [-0.4, -0.2) is 0 Å². The fourth-order valence-corrected chi connectivity index (χ4v) is 0.393. The van der Waals surface area contributed by atoms with E-state index in [1.807, 2.05) is 12.1 Å². The normalized spacial score (nSPS) is 10.2. The highest BCUT2D eigenvalue weighted by Crippen LogP contribution is 1.98. The molecule has 0 aromatic carbocycles. The van der Waals surface area contributed by atoms with Gasteiger partial charge in [-0.05, 0) is 12.3 Å². The number of nitriles is 1. The first kappa shape index (κ1) is 7.23. The van der Waals surface area contributed by atoms with Crippen LogP contribution in [0.3, 0.4) is 0 Å². The third kappa shape index (κ3) is 5.23. The minimum Gasteiger partial charge on any atom is -0.193 e. The summed E-state index contributed by atoms with van der Waals surface area (Å²) in [7, 11) is 0. The molecule has 0 radical (unpaired) electrons. The van der Waals surface area contributed by atoms with Crippen LogP contribution in [0, 0.1) is 17.2 Å². The molecule has 0 aliphatic rings. The summed E-state index contributed by atoms with van der Waals surface area (Å²) in [6.07, 6.45) is 4.43. The first-order valence-electron chi connectivity index (χ1n) is 2.82. The first-order chi connectivity index (χ1) is 3.77. The van der Waals surface area contributed by atoms with Crippen LogP contribution in [0.4, 0.5) is 0 Å². The van der Waals surface area contributed by atoms with Gasteiger partial charge in [0, 0.05) is 6.08 Å². The van der Waals surface area contributed by atoms with Gasteiger partial charge < -0.3 is 0 Å². The summed E-state index contributed by atoms with van der Waals surface area (Å²) < 4.78 is 0. The summed E-state index contributed by atoms with van der Waals surface area (Å²) in [6.45, 7) is 4.25. The topological polar surface area (TPSA) is 23.8 Å². The van der Waals surface area contributed by atoms with Crippen LogP contribution < -0.4 is 0 Å². The van der Waals surface area contributed by atoms with Gasteiger partial charge in [0.05, 0.1) is 6.07 Å². The Labute approximate surface area is 50.6 Å². The molecule has 1 heteroatoms. The minimum absolute atomic E-state index is 0.666. The zero-order valence-corrected chi connectivity index (χ0v) is 5.39. The van der Waals surface area contributed by atoms with Crippen molar-refractivity contribution >= 4 is 0 Å². The van der Waals surface area contributed by atoms with Crippen molar-refractivity contribution in [2.75, 3.05) is 0 Å². The van der Waals surface area contributed by atoms with Gasteiger partial charge in [0.15, 0.2) is 0 Å². The molecular formula is C7H11N. The standard InChI is InChI=1S/C7H11N/c1-7(2)5-3-4-6-8/h3-4,7H,5H2,1-2H3/b4-3+. The number of allylic oxidation sites excluding steroid dienone is 2. The number of hydrogen-bond donors (Lipinski definition) is 0. The summed E-state index contributed by atoms with van der Waals surface area (Å²) in [6, 6.07) is 1.94. The lowest BCUT2D eigenvalue weighted by Gasteiger charge is -1.93. The average molecular weight is 109 g/mol. The zero-order chi connectivity index (χ0) is 6.41. The minimum atomic E-state index is 0.666. The average Bonchev–Trinajstić information content (AvgIpc) is 1.66. The smallest absolute Gasteiger partial charge is 0.0908 e. The van der Waals surface area contributed by atoms with Crippen molar-refractivity contribution in [2.45, 2.75) is 20.3 Å². The molecule has 8 heavy (non-hydrogen) atoms. The van der Waals surface area contributed by atoms with E-state index in [4.69, 9.17) is 5.26 Å². The van der Waals surface area contributed by atoms with Gasteiger partial charge in [0.1, 0.15) is 0 Å². The van der Waals surface area contributed by atoms with Gasteiger partial charge in [-0.2, -0.15) is 5.26 Å². The predicted octanol–water partition coefficient (Wildman–Crippen LogP) is 2.11. The Kier molecular flexibility index (Phi) is 3.97. The van der Waals surface area contributed by atoms with E-state index in [0.29, 0.717) is 5.92 Å². The third-order valence-corrected chi connectivity index (χ3v) is 0.800. The molecule has 0 N–H and O–H groups in total. The third-order valence-electron chi connectivity index (χ3n) is 0.800. The molecule has 0 fully saturated rings. The van der Waals surface area contributed by atoms with Crippen LogP contribution in [0.1, 0.15) is 20.3 Å². The molecule has 0 saturated heterocycles. The molecule has 0 saturated carbocycles. The second-order valence-corrected chi connectivity index (χ2v) is 2.16. The van der Waals surface area contributed by atoms with Crippen LogP contribution in [-0.2, 0) is 0 Å². The van der Waals surface area contributed by atoms with Gasteiger partial charge in [0.2, 0.25) is 0 Å². The van der Waals surface area contributed by atoms with E-state index in [9.17, 15) is 0 Å². The maximum Gasteiger partial charge on any atom is 0.0908 e. The number of hydrogen-bond acceptors (Lipinski definition) is 1. The largest absolute Gasteiger partial charge is 0.193 e. The molecule has 44 valence electrons. The summed E-state index contributed by atoms with van der Waals surface area (Å²) in [5, 5.41) is 8.04.